The first-order valence-corrected chi connectivity index (χ1v) is 7.99. The van der Waals surface area contributed by atoms with E-state index >= 15 is 0 Å². The summed E-state index contributed by atoms with van der Waals surface area (Å²) in [6.45, 7) is 1.40. The minimum atomic E-state index is -0.185. The largest absolute Gasteiger partial charge is 0.338 e. The summed E-state index contributed by atoms with van der Waals surface area (Å²) in [6.07, 6.45) is 4.60. The van der Waals surface area contributed by atoms with E-state index in [1.165, 1.54) is 0 Å². The molecule has 3 aromatic rings. The summed E-state index contributed by atoms with van der Waals surface area (Å²) in [4.78, 5) is 16.2. The smallest absolute Gasteiger partial charge is 0.319 e. The predicted octanol–water partition coefficient (Wildman–Crippen LogP) is 3.76. The van der Waals surface area contributed by atoms with Crippen molar-refractivity contribution in [1.82, 2.24) is 14.9 Å². The monoisotopic (exact) mass is 320 g/mol. The lowest BCUT2D eigenvalue weighted by Gasteiger charge is -2.10. The zero-order chi connectivity index (χ0) is 16.6. The van der Waals surface area contributed by atoms with Crippen molar-refractivity contribution in [2.45, 2.75) is 13.0 Å². The highest BCUT2D eigenvalue weighted by Gasteiger charge is 2.05. The molecular weight excluding hydrogens is 300 g/mol. The second-order valence-corrected chi connectivity index (χ2v) is 5.41. The van der Waals surface area contributed by atoms with Crippen LogP contribution in [0.5, 0.6) is 0 Å². The molecule has 5 nitrogen and oxygen atoms in total. The number of hydrogen-bond acceptors (Lipinski definition) is 2. The summed E-state index contributed by atoms with van der Waals surface area (Å²) < 4.78 is 2.10. The number of nitrogens with zero attached hydrogens (tertiary/aromatic N) is 2. The first-order valence-electron chi connectivity index (χ1n) is 7.99. The van der Waals surface area contributed by atoms with Gasteiger partial charge in [-0.05, 0) is 18.6 Å². The third-order valence-electron chi connectivity index (χ3n) is 3.64. The van der Waals surface area contributed by atoms with Gasteiger partial charge in [0.05, 0.1) is 0 Å². The summed E-state index contributed by atoms with van der Waals surface area (Å²) >= 11 is 0. The van der Waals surface area contributed by atoms with Crippen molar-refractivity contribution in [3.05, 3.63) is 73.1 Å². The zero-order valence-corrected chi connectivity index (χ0v) is 13.4. The lowest BCUT2D eigenvalue weighted by molar-refractivity contribution is 0.252. The van der Waals surface area contributed by atoms with Gasteiger partial charge in [-0.1, -0.05) is 48.5 Å². The van der Waals surface area contributed by atoms with Crippen LogP contribution in [0.2, 0.25) is 0 Å². The van der Waals surface area contributed by atoms with E-state index in [2.05, 4.69) is 20.2 Å². The molecule has 5 heteroatoms. The van der Waals surface area contributed by atoms with E-state index in [1.807, 2.05) is 66.9 Å². The van der Waals surface area contributed by atoms with E-state index in [0.717, 1.165) is 30.0 Å². The summed E-state index contributed by atoms with van der Waals surface area (Å²) in [5.74, 6) is 0.948. The number of nitrogens with one attached hydrogen (secondary N) is 2. The normalized spacial score (nSPS) is 10.3. The van der Waals surface area contributed by atoms with Crippen LogP contribution in [-0.4, -0.2) is 22.1 Å². The maximum absolute atomic E-state index is 11.8. The van der Waals surface area contributed by atoms with Gasteiger partial charge in [0.25, 0.3) is 0 Å². The van der Waals surface area contributed by atoms with Gasteiger partial charge >= 0.3 is 6.03 Å². The highest BCUT2D eigenvalue weighted by atomic mass is 16.2. The second-order valence-electron chi connectivity index (χ2n) is 5.41. The lowest BCUT2D eigenvalue weighted by Crippen LogP contribution is -2.30. The molecule has 24 heavy (non-hydrogen) atoms. The van der Waals surface area contributed by atoms with E-state index < -0.39 is 0 Å². The Balaban J connectivity index is 1.46. The van der Waals surface area contributed by atoms with E-state index in [-0.39, 0.29) is 6.03 Å². The van der Waals surface area contributed by atoms with Gasteiger partial charge < -0.3 is 15.2 Å². The average molecular weight is 320 g/mol. The van der Waals surface area contributed by atoms with Gasteiger partial charge in [0.2, 0.25) is 0 Å². The molecule has 0 fully saturated rings. The van der Waals surface area contributed by atoms with Gasteiger partial charge in [-0.25, -0.2) is 9.78 Å². The highest BCUT2D eigenvalue weighted by Crippen LogP contribution is 2.16. The Kier molecular flexibility index (Phi) is 5.24. The number of aromatic nitrogens is 2. The molecular formula is C19H20N4O. The number of aryl methyl sites for hydroxylation is 1. The number of rotatable bonds is 6. The van der Waals surface area contributed by atoms with Gasteiger partial charge in [-0.15, -0.1) is 0 Å². The van der Waals surface area contributed by atoms with Crippen LogP contribution in [0.15, 0.2) is 73.1 Å². The van der Waals surface area contributed by atoms with Crippen LogP contribution in [0.25, 0.3) is 11.4 Å². The number of imidazole rings is 1. The van der Waals surface area contributed by atoms with E-state index in [0.29, 0.717) is 6.54 Å². The first-order chi connectivity index (χ1) is 11.8. The quantitative estimate of drug-likeness (QED) is 0.679. The Bertz CT molecular complexity index is 768. The van der Waals surface area contributed by atoms with Crippen LogP contribution in [0.1, 0.15) is 6.42 Å². The molecule has 0 radical (unpaired) electrons. The van der Waals surface area contributed by atoms with Crippen LogP contribution >= 0.6 is 0 Å². The van der Waals surface area contributed by atoms with Crippen LogP contribution in [0.3, 0.4) is 0 Å². The van der Waals surface area contributed by atoms with E-state index in [9.17, 15) is 4.79 Å². The van der Waals surface area contributed by atoms with Crippen molar-refractivity contribution in [2.24, 2.45) is 0 Å². The molecule has 0 saturated carbocycles. The van der Waals surface area contributed by atoms with Crippen molar-refractivity contribution >= 4 is 11.7 Å². The van der Waals surface area contributed by atoms with Crippen molar-refractivity contribution in [3.63, 3.8) is 0 Å². The maximum Gasteiger partial charge on any atom is 0.319 e. The van der Waals surface area contributed by atoms with Crippen LogP contribution < -0.4 is 10.6 Å². The number of anilines is 1. The van der Waals surface area contributed by atoms with Crippen molar-refractivity contribution in [2.75, 3.05) is 11.9 Å². The standard InChI is InChI=1S/C19H20N4O/c24-19(22-17-10-5-2-6-11-17)21-12-7-14-23-15-13-20-18(23)16-8-3-1-4-9-16/h1-6,8-11,13,15H,7,12,14H2,(H2,21,22,24). The molecule has 0 aliphatic rings. The zero-order valence-electron chi connectivity index (χ0n) is 13.4. The Labute approximate surface area is 141 Å². The molecule has 122 valence electrons. The summed E-state index contributed by atoms with van der Waals surface area (Å²) in [5.41, 5.74) is 1.88. The topological polar surface area (TPSA) is 59.0 Å². The maximum atomic E-state index is 11.8. The fraction of sp³-hybridized carbons (Fsp3) is 0.158. The van der Waals surface area contributed by atoms with Crippen LogP contribution in [-0.2, 0) is 6.54 Å². The predicted molar refractivity (Wildman–Crippen MR) is 95.7 cm³/mol. The lowest BCUT2D eigenvalue weighted by atomic mass is 10.2. The summed E-state index contributed by atoms with van der Waals surface area (Å²) in [5, 5.41) is 5.67. The number of amides is 2. The third-order valence-corrected chi connectivity index (χ3v) is 3.64. The number of urea groups is 1. The number of carbonyl (C=O) groups excluding carboxylic acids is 1. The molecule has 0 atom stereocenters. The Morgan fingerprint density at radius 3 is 2.46 bits per heavy atom. The summed E-state index contributed by atoms with van der Waals surface area (Å²) in [7, 11) is 0. The first kappa shape index (κ1) is 15.8. The van der Waals surface area contributed by atoms with Crippen molar-refractivity contribution in [3.8, 4) is 11.4 Å². The second kappa shape index (κ2) is 7.97. The van der Waals surface area contributed by atoms with Gasteiger partial charge in [0.15, 0.2) is 0 Å². The molecule has 2 N–H and O–H groups in total. The van der Waals surface area contributed by atoms with Gasteiger partial charge in [0.1, 0.15) is 5.82 Å². The molecule has 0 saturated heterocycles. The molecule has 0 unspecified atom stereocenters. The van der Waals surface area contributed by atoms with Gasteiger partial charge in [0, 0.05) is 36.7 Å². The third kappa shape index (κ3) is 4.23. The Hall–Kier alpha value is -3.08. The molecule has 1 aromatic heterocycles. The van der Waals surface area contributed by atoms with E-state index in [1.54, 1.807) is 6.20 Å². The minimum Gasteiger partial charge on any atom is -0.338 e. The Morgan fingerprint density at radius 2 is 1.71 bits per heavy atom. The number of para-hydroxylation sites is 1. The summed E-state index contributed by atoms with van der Waals surface area (Å²) in [6, 6.07) is 19.3. The molecule has 2 amide bonds. The van der Waals surface area contributed by atoms with E-state index in [4.69, 9.17) is 0 Å². The minimum absolute atomic E-state index is 0.185. The van der Waals surface area contributed by atoms with Gasteiger partial charge in [-0.3, -0.25) is 0 Å². The molecule has 2 aromatic carbocycles. The number of hydrogen-bond donors (Lipinski definition) is 2. The number of benzene rings is 2. The number of carbonyl (C=O) groups is 1. The van der Waals surface area contributed by atoms with Crippen LogP contribution in [0, 0.1) is 0 Å². The highest BCUT2D eigenvalue weighted by molar-refractivity contribution is 5.89. The SMILES string of the molecule is O=C(NCCCn1ccnc1-c1ccccc1)Nc1ccccc1. The van der Waals surface area contributed by atoms with Crippen molar-refractivity contribution in [1.29, 1.82) is 0 Å². The van der Waals surface area contributed by atoms with Gasteiger partial charge in [-0.2, -0.15) is 0 Å². The molecule has 0 bridgehead atoms. The molecule has 0 aliphatic heterocycles. The molecule has 1 heterocycles. The van der Waals surface area contributed by atoms with Crippen LogP contribution in [0.4, 0.5) is 10.5 Å². The average Bonchev–Trinajstić information content (AvgIpc) is 3.09. The molecule has 3 rings (SSSR count). The van der Waals surface area contributed by atoms with Crippen molar-refractivity contribution < 1.29 is 4.79 Å². The fourth-order valence-corrected chi connectivity index (χ4v) is 2.49. The molecule has 0 spiro atoms. The Morgan fingerprint density at radius 1 is 1.00 bits per heavy atom. The fourth-order valence-electron chi connectivity index (χ4n) is 2.49. The molecule has 0 aliphatic carbocycles.